The summed E-state index contributed by atoms with van der Waals surface area (Å²) in [6.07, 6.45) is 6.20. The van der Waals surface area contributed by atoms with E-state index in [-0.39, 0.29) is 12.5 Å². The smallest absolute Gasteiger partial charge is 0.349 e. The molecule has 0 spiro atoms. The van der Waals surface area contributed by atoms with Gasteiger partial charge in [-0.3, -0.25) is 4.79 Å². The van der Waals surface area contributed by atoms with Crippen molar-refractivity contribution in [2.45, 2.75) is 39.0 Å². The second-order valence-electron chi connectivity index (χ2n) is 5.32. The van der Waals surface area contributed by atoms with Gasteiger partial charge in [-0.05, 0) is 42.7 Å². The Kier molecular flexibility index (Phi) is 5.59. The first-order valence-electron chi connectivity index (χ1n) is 7.14. The van der Waals surface area contributed by atoms with Crippen LogP contribution in [0.2, 0.25) is 0 Å². The lowest BCUT2D eigenvalue weighted by atomic mass is 9.89. The van der Waals surface area contributed by atoms with E-state index in [9.17, 15) is 9.59 Å². The van der Waals surface area contributed by atoms with Crippen molar-refractivity contribution in [2.24, 2.45) is 5.92 Å². The van der Waals surface area contributed by atoms with Gasteiger partial charge in [-0.15, -0.1) is 11.3 Å². The van der Waals surface area contributed by atoms with Gasteiger partial charge < -0.3 is 10.1 Å². The maximum Gasteiger partial charge on any atom is 0.349 e. The molecule has 1 aromatic rings. The van der Waals surface area contributed by atoms with Crippen LogP contribution in [0.1, 0.15) is 47.3 Å². The van der Waals surface area contributed by atoms with Gasteiger partial charge in [0.1, 0.15) is 4.88 Å². The number of hydrogen-bond acceptors (Lipinski definition) is 4. The molecule has 20 heavy (non-hydrogen) atoms. The van der Waals surface area contributed by atoms with Gasteiger partial charge in [-0.25, -0.2) is 4.79 Å². The molecule has 1 heterocycles. The summed E-state index contributed by atoms with van der Waals surface area (Å²) >= 11 is 1.34. The summed E-state index contributed by atoms with van der Waals surface area (Å²) in [6, 6.07) is 1.87. The van der Waals surface area contributed by atoms with Gasteiger partial charge >= 0.3 is 5.97 Å². The van der Waals surface area contributed by atoms with Crippen LogP contribution in [-0.2, 0) is 9.53 Å². The van der Waals surface area contributed by atoms with E-state index >= 15 is 0 Å². The average molecular weight is 295 g/mol. The van der Waals surface area contributed by atoms with Crippen LogP contribution in [0.4, 0.5) is 0 Å². The lowest BCUT2D eigenvalue weighted by Gasteiger charge is -2.21. The van der Waals surface area contributed by atoms with E-state index in [0.717, 1.165) is 5.56 Å². The van der Waals surface area contributed by atoms with Crippen LogP contribution in [0.15, 0.2) is 11.4 Å². The summed E-state index contributed by atoms with van der Waals surface area (Å²) in [7, 11) is 0. The predicted molar refractivity (Wildman–Crippen MR) is 78.9 cm³/mol. The van der Waals surface area contributed by atoms with Crippen LogP contribution in [0.3, 0.4) is 0 Å². The summed E-state index contributed by atoms with van der Waals surface area (Å²) in [5.74, 6) is -0.0357. The number of carbonyl (C=O) groups excluding carboxylic acids is 2. The Labute approximate surface area is 123 Å². The van der Waals surface area contributed by atoms with Crippen molar-refractivity contribution < 1.29 is 14.3 Å². The molecule has 0 saturated heterocycles. The number of rotatable bonds is 5. The molecule has 0 unspecified atom stereocenters. The number of aryl methyl sites for hydroxylation is 1. The molecule has 4 nitrogen and oxygen atoms in total. The average Bonchev–Trinajstić information content (AvgIpc) is 2.90. The molecule has 0 radical (unpaired) electrons. The van der Waals surface area contributed by atoms with Crippen molar-refractivity contribution in [1.82, 2.24) is 5.32 Å². The molecule has 1 N–H and O–H groups in total. The molecule has 110 valence electrons. The Hall–Kier alpha value is -1.36. The molecule has 1 fully saturated rings. The fraction of sp³-hybridized carbons (Fsp3) is 0.600. The highest BCUT2D eigenvalue weighted by atomic mass is 32.1. The van der Waals surface area contributed by atoms with Crippen LogP contribution >= 0.6 is 11.3 Å². The molecule has 1 amide bonds. The highest BCUT2D eigenvalue weighted by Gasteiger charge is 2.16. The molecule has 0 aliphatic heterocycles. The zero-order valence-electron chi connectivity index (χ0n) is 11.8. The molecule has 0 atom stereocenters. The van der Waals surface area contributed by atoms with Gasteiger partial charge in [-0.2, -0.15) is 0 Å². The van der Waals surface area contributed by atoms with Gasteiger partial charge in [0.05, 0.1) is 0 Å². The summed E-state index contributed by atoms with van der Waals surface area (Å²) in [4.78, 5) is 24.0. The summed E-state index contributed by atoms with van der Waals surface area (Å²) in [5, 5.41) is 4.70. The monoisotopic (exact) mass is 295 g/mol. The van der Waals surface area contributed by atoms with E-state index in [2.05, 4.69) is 5.32 Å². The highest BCUT2D eigenvalue weighted by molar-refractivity contribution is 7.12. The van der Waals surface area contributed by atoms with Gasteiger partial charge in [0, 0.05) is 6.54 Å². The fourth-order valence-electron chi connectivity index (χ4n) is 2.48. The van der Waals surface area contributed by atoms with E-state index in [1.165, 1.54) is 43.4 Å². The normalized spacial score (nSPS) is 15.8. The van der Waals surface area contributed by atoms with Gasteiger partial charge in [-0.1, -0.05) is 19.3 Å². The van der Waals surface area contributed by atoms with Crippen LogP contribution in [-0.4, -0.2) is 25.0 Å². The van der Waals surface area contributed by atoms with Crippen molar-refractivity contribution in [2.75, 3.05) is 13.2 Å². The van der Waals surface area contributed by atoms with Crippen molar-refractivity contribution in [3.05, 3.63) is 21.9 Å². The molecule has 1 aliphatic rings. The highest BCUT2D eigenvalue weighted by Crippen LogP contribution is 2.22. The molecule has 1 saturated carbocycles. The maximum absolute atomic E-state index is 11.7. The lowest BCUT2D eigenvalue weighted by molar-refractivity contribution is -0.124. The number of amides is 1. The maximum atomic E-state index is 11.7. The Balaban J connectivity index is 1.67. The second-order valence-corrected chi connectivity index (χ2v) is 6.23. The van der Waals surface area contributed by atoms with Gasteiger partial charge in [0.25, 0.3) is 5.91 Å². The summed E-state index contributed by atoms with van der Waals surface area (Å²) in [5.41, 5.74) is 0.891. The van der Waals surface area contributed by atoms with Crippen LogP contribution in [0, 0.1) is 12.8 Å². The standard InChI is InChI=1S/C15H21NO3S/c1-11-7-8-20-14(11)15(18)19-10-13(17)16-9-12-5-3-2-4-6-12/h7-8,12H,2-6,9-10H2,1H3,(H,16,17). The Morgan fingerprint density at radius 1 is 1.35 bits per heavy atom. The zero-order chi connectivity index (χ0) is 14.4. The molecule has 1 aliphatic carbocycles. The second kappa shape index (κ2) is 7.43. The number of carbonyl (C=O) groups is 2. The molecule has 0 aromatic carbocycles. The third kappa shape index (κ3) is 4.34. The minimum atomic E-state index is -0.412. The van der Waals surface area contributed by atoms with E-state index in [1.807, 2.05) is 18.4 Å². The number of hydrogen-bond donors (Lipinski definition) is 1. The molecular formula is C15H21NO3S. The topological polar surface area (TPSA) is 55.4 Å². The first-order chi connectivity index (χ1) is 9.66. The minimum absolute atomic E-state index is 0.192. The molecule has 2 rings (SSSR count). The summed E-state index contributed by atoms with van der Waals surface area (Å²) in [6.45, 7) is 2.37. The number of thiophene rings is 1. The van der Waals surface area contributed by atoms with Crippen LogP contribution in [0.25, 0.3) is 0 Å². The Morgan fingerprint density at radius 2 is 2.10 bits per heavy atom. The molecule has 5 heteroatoms. The molecular weight excluding hydrogens is 274 g/mol. The van der Waals surface area contributed by atoms with E-state index < -0.39 is 5.97 Å². The molecule has 1 aromatic heterocycles. The van der Waals surface area contributed by atoms with Gasteiger partial charge in [0.2, 0.25) is 0 Å². The zero-order valence-corrected chi connectivity index (χ0v) is 12.6. The van der Waals surface area contributed by atoms with E-state index in [0.29, 0.717) is 17.3 Å². The van der Waals surface area contributed by atoms with E-state index in [1.54, 1.807) is 0 Å². The lowest BCUT2D eigenvalue weighted by Crippen LogP contribution is -2.33. The predicted octanol–water partition coefficient (Wildman–Crippen LogP) is 2.91. The fourth-order valence-corrected chi connectivity index (χ4v) is 3.30. The number of ether oxygens (including phenoxy) is 1. The van der Waals surface area contributed by atoms with Crippen LogP contribution < -0.4 is 5.32 Å². The first-order valence-corrected chi connectivity index (χ1v) is 8.02. The van der Waals surface area contributed by atoms with Crippen molar-refractivity contribution in [1.29, 1.82) is 0 Å². The van der Waals surface area contributed by atoms with Gasteiger partial charge in [0.15, 0.2) is 6.61 Å². The van der Waals surface area contributed by atoms with Crippen molar-refractivity contribution in [3.63, 3.8) is 0 Å². The third-order valence-corrected chi connectivity index (χ3v) is 4.69. The largest absolute Gasteiger partial charge is 0.451 e. The van der Waals surface area contributed by atoms with Crippen LogP contribution in [0.5, 0.6) is 0 Å². The van der Waals surface area contributed by atoms with Crippen molar-refractivity contribution in [3.8, 4) is 0 Å². The quantitative estimate of drug-likeness (QED) is 0.850. The number of nitrogens with one attached hydrogen (secondary N) is 1. The minimum Gasteiger partial charge on any atom is -0.451 e. The van der Waals surface area contributed by atoms with Crippen molar-refractivity contribution >= 4 is 23.2 Å². The SMILES string of the molecule is Cc1ccsc1C(=O)OCC(=O)NCC1CCCCC1. The van der Waals surface area contributed by atoms with E-state index in [4.69, 9.17) is 4.74 Å². The Morgan fingerprint density at radius 3 is 2.75 bits per heavy atom. The molecule has 0 bridgehead atoms. The third-order valence-electron chi connectivity index (χ3n) is 3.69. The Bertz CT molecular complexity index is 463. The summed E-state index contributed by atoms with van der Waals surface area (Å²) < 4.78 is 5.03. The first kappa shape index (κ1) is 15.0. The number of esters is 1.